The average molecular weight is 213 g/mol. The molecule has 0 aromatic heterocycles. The molecule has 1 N–H and O–H groups in total. The van der Waals surface area contributed by atoms with E-state index in [9.17, 15) is 0 Å². The van der Waals surface area contributed by atoms with Crippen molar-refractivity contribution >= 4 is 0 Å². The van der Waals surface area contributed by atoms with E-state index in [0.717, 1.165) is 32.9 Å². The molecule has 0 saturated carbocycles. The summed E-state index contributed by atoms with van der Waals surface area (Å²) in [5.74, 6) is 1.35. The summed E-state index contributed by atoms with van der Waals surface area (Å²) >= 11 is 0. The third-order valence-electron chi connectivity index (χ3n) is 3.58. The van der Waals surface area contributed by atoms with E-state index in [1.54, 1.807) is 0 Å². The lowest BCUT2D eigenvalue weighted by Crippen LogP contribution is -2.41. The molecule has 0 spiro atoms. The standard InChI is InChI=1S/C12H23NO2/c1-2-13-8-10-4-3-6-15-12(10)11-5-7-14-9-11/h10-13H,2-9H2,1H3. The van der Waals surface area contributed by atoms with Crippen molar-refractivity contribution in [3.63, 3.8) is 0 Å². The molecule has 3 heteroatoms. The second-order valence-corrected chi connectivity index (χ2v) is 4.67. The van der Waals surface area contributed by atoms with Crippen LogP contribution < -0.4 is 5.32 Å². The van der Waals surface area contributed by atoms with Crippen molar-refractivity contribution in [1.29, 1.82) is 0 Å². The van der Waals surface area contributed by atoms with Crippen LogP contribution in [0.3, 0.4) is 0 Å². The maximum absolute atomic E-state index is 5.95. The largest absolute Gasteiger partial charge is 0.381 e. The normalized spacial score (nSPS) is 37.0. The second kappa shape index (κ2) is 5.83. The first-order valence-electron chi connectivity index (χ1n) is 6.32. The first kappa shape index (κ1) is 11.4. The van der Waals surface area contributed by atoms with Crippen molar-refractivity contribution in [2.45, 2.75) is 32.3 Å². The molecular weight excluding hydrogens is 190 g/mol. The summed E-state index contributed by atoms with van der Waals surface area (Å²) < 4.78 is 11.4. The highest BCUT2D eigenvalue weighted by molar-refractivity contribution is 4.84. The van der Waals surface area contributed by atoms with Gasteiger partial charge in [-0.25, -0.2) is 0 Å². The molecule has 2 rings (SSSR count). The Bertz CT molecular complexity index is 180. The summed E-state index contributed by atoms with van der Waals surface area (Å²) in [5, 5.41) is 3.45. The first-order valence-corrected chi connectivity index (χ1v) is 6.32. The molecule has 2 heterocycles. The molecule has 2 fully saturated rings. The Morgan fingerprint density at radius 1 is 1.27 bits per heavy atom. The van der Waals surface area contributed by atoms with E-state index in [-0.39, 0.29) is 0 Å². The predicted molar refractivity (Wildman–Crippen MR) is 59.9 cm³/mol. The van der Waals surface area contributed by atoms with Crippen molar-refractivity contribution in [3.05, 3.63) is 0 Å². The molecule has 0 aliphatic carbocycles. The van der Waals surface area contributed by atoms with Crippen LogP contribution >= 0.6 is 0 Å². The van der Waals surface area contributed by atoms with Gasteiger partial charge in [0.1, 0.15) is 0 Å². The van der Waals surface area contributed by atoms with Gasteiger partial charge in [0.2, 0.25) is 0 Å². The summed E-state index contributed by atoms with van der Waals surface area (Å²) in [6.45, 7) is 7.12. The van der Waals surface area contributed by atoms with E-state index >= 15 is 0 Å². The summed E-state index contributed by atoms with van der Waals surface area (Å²) in [7, 11) is 0. The van der Waals surface area contributed by atoms with Crippen LogP contribution in [0.15, 0.2) is 0 Å². The SMILES string of the molecule is CCNCC1CCCOC1C1CCOC1. The fourth-order valence-electron chi connectivity index (χ4n) is 2.75. The molecule has 0 radical (unpaired) electrons. The third kappa shape index (κ3) is 2.92. The Morgan fingerprint density at radius 3 is 2.93 bits per heavy atom. The van der Waals surface area contributed by atoms with Crippen LogP contribution in [0.25, 0.3) is 0 Å². The van der Waals surface area contributed by atoms with Gasteiger partial charge in [-0.15, -0.1) is 0 Å². The zero-order valence-corrected chi connectivity index (χ0v) is 9.71. The van der Waals surface area contributed by atoms with Gasteiger partial charge >= 0.3 is 0 Å². The van der Waals surface area contributed by atoms with Crippen molar-refractivity contribution in [3.8, 4) is 0 Å². The van der Waals surface area contributed by atoms with E-state index in [1.807, 2.05) is 0 Å². The minimum Gasteiger partial charge on any atom is -0.381 e. The number of hydrogen-bond donors (Lipinski definition) is 1. The van der Waals surface area contributed by atoms with Crippen molar-refractivity contribution < 1.29 is 9.47 Å². The maximum atomic E-state index is 5.95. The Morgan fingerprint density at radius 2 is 2.20 bits per heavy atom. The third-order valence-corrected chi connectivity index (χ3v) is 3.58. The molecule has 2 aliphatic rings. The van der Waals surface area contributed by atoms with Crippen molar-refractivity contribution in [2.24, 2.45) is 11.8 Å². The summed E-state index contributed by atoms with van der Waals surface area (Å²) in [6, 6.07) is 0. The highest BCUT2D eigenvalue weighted by Crippen LogP contribution is 2.30. The molecule has 2 aliphatic heterocycles. The quantitative estimate of drug-likeness (QED) is 0.766. The molecule has 0 amide bonds. The molecule has 3 atom stereocenters. The van der Waals surface area contributed by atoms with Crippen LogP contribution in [0.4, 0.5) is 0 Å². The number of ether oxygens (including phenoxy) is 2. The van der Waals surface area contributed by atoms with E-state index < -0.39 is 0 Å². The van der Waals surface area contributed by atoms with Gasteiger partial charge in [0.05, 0.1) is 12.7 Å². The van der Waals surface area contributed by atoms with Gasteiger partial charge in [-0.05, 0) is 31.7 Å². The monoisotopic (exact) mass is 213 g/mol. The lowest BCUT2D eigenvalue weighted by atomic mass is 9.85. The summed E-state index contributed by atoms with van der Waals surface area (Å²) in [5.41, 5.74) is 0. The maximum Gasteiger partial charge on any atom is 0.0666 e. The van der Waals surface area contributed by atoms with Crippen LogP contribution in [0.1, 0.15) is 26.2 Å². The Hall–Kier alpha value is -0.120. The van der Waals surface area contributed by atoms with Crippen molar-refractivity contribution in [1.82, 2.24) is 5.32 Å². The minimum atomic E-state index is 0.445. The average Bonchev–Trinajstić information content (AvgIpc) is 2.80. The Labute approximate surface area is 92.5 Å². The van der Waals surface area contributed by atoms with Gasteiger partial charge in [0.25, 0.3) is 0 Å². The van der Waals surface area contributed by atoms with E-state index in [1.165, 1.54) is 19.3 Å². The van der Waals surface area contributed by atoms with Gasteiger partial charge in [-0.3, -0.25) is 0 Å². The molecule has 0 bridgehead atoms. The molecule has 88 valence electrons. The van der Waals surface area contributed by atoms with Crippen LogP contribution in [-0.4, -0.2) is 39.0 Å². The zero-order chi connectivity index (χ0) is 10.5. The van der Waals surface area contributed by atoms with Gasteiger partial charge < -0.3 is 14.8 Å². The molecule has 2 saturated heterocycles. The zero-order valence-electron chi connectivity index (χ0n) is 9.71. The molecular formula is C12H23NO2. The van der Waals surface area contributed by atoms with E-state index in [0.29, 0.717) is 17.9 Å². The predicted octanol–water partition coefficient (Wildman–Crippen LogP) is 1.43. The van der Waals surface area contributed by atoms with Gasteiger partial charge in [-0.2, -0.15) is 0 Å². The minimum absolute atomic E-state index is 0.445. The van der Waals surface area contributed by atoms with E-state index in [4.69, 9.17) is 9.47 Å². The number of hydrogen-bond acceptors (Lipinski definition) is 3. The summed E-state index contributed by atoms with van der Waals surface area (Å²) in [4.78, 5) is 0. The summed E-state index contributed by atoms with van der Waals surface area (Å²) in [6.07, 6.45) is 4.17. The Balaban J connectivity index is 1.86. The van der Waals surface area contributed by atoms with Gasteiger partial charge in [0.15, 0.2) is 0 Å². The lowest BCUT2D eigenvalue weighted by Gasteiger charge is -2.35. The van der Waals surface area contributed by atoms with Crippen LogP contribution in [-0.2, 0) is 9.47 Å². The van der Waals surface area contributed by atoms with Crippen molar-refractivity contribution in [2.75, 3.05) is 32.9 Å². The second-order valence-electron chi connectivity index (χ2n) is 4.67. The topological polar surface area (TPSA) is 30.5 Å². The fraction of sp³-hybridized carbons (Fsp3) is 1.00. The van der Waals surface area contributed by atoms with Gasteiger partial charge in [0, 0.05) is 25.7 Å². The molecule has 3 nitrogen and oxygen atoms in total. The lowest BCUT2D eigenvalue weighted by molar-refractivity contribution is -0.0606. The Kier molecular flexibility index (Phi) is 4.42. The molecule has 15 heavy (non-hydrogen) atoms. The highest BCUT2D eigenvalue weighted by Gasteiger charge is 2.34. The van der Waals surface area contributed by atoms with Crippen LogP contribution in [0, 0.1) is 11.8 Å². The van der Waals surface area contributed by atoms with E-state index in [2.05, 4.69) is 12.2 Å². The smallest absolute Gasteiger partial charge is 0.0666 e. The highest BCUT2D eigenvalue weighted by atomic mass is 16.5. The van der Waals surface area contributed by atoms with Crippen LogP contribution in [0.5, 0.6) is 0 Å². The number of rotatable bonds is 4. The molecule has 3 unspecified atom stereocenters. The fourth-order valence-corrected chi connectivity index (χ4v) is 2.75. The van der Waals surface area contributed by atoms with Crippen LogP contribution in [0.2, 0.25) is 0 Å². The first-order chi connectivity index (χ1) is 7.42. The van der Waals surface area contributed by atoms with Gasteiger partial charge in [-0.1, -0.05) is 6.92 Å². The number of nitrogens with one attached hydrogen (secondary N) is 1. The molecule has 0 aromatic carbocycles. The molecule has 0 aromatic rings.